The first-order valence-corrected chi connectivity index (χ1v) is 8.49. The molecule has 0 saturated carbocycles. The van der Waals surface area contributed by atoms with E-state index in [1.807, 2.05) is 13.8 Å². The lowest BCUT2D eigenvalue weighted by molar-refractivity contribution is 0.303. The number of aryl methyl sites for hydroxylation is 1. The van der Waals surface area contributed by atoms with Gasteiger partial charge in [-0.2, -0.15) is 5.26 Å². The zero-order valence-corrected chi connectivity index (χ0v) is 13.5. The molecule has 0 spiro atoms. The van der Waals surface area contributed by atoms with Crippen LogP contribution in [0.5, 0.6) is 5.75 Å². The maximum atomic E-state index is 11.6. The fourth-order valence-corrected chi connectivity index (χ4v) is 2.85. The van der Waals surface area contributed by atoms with Gasteiger partial charge in [-0.05, 0) is 48.9 Å². The molecule has 0 unspecified atom stereocenters. The Labute approximate surface area is 126 Å². The molecule has 0 saturated heterocycles. The Hall–Kier alpha value is -1.58. The number of hydrogen-bond donors (Lipinski definition) is 1. The summed E-state index contributed by atoms with van der Waals surface area (Å²) in [6.07, 6.45) is 2.10. The van der Waals surface area contributed by atoms with Gasteiger partial charge in [0.1, 0.15) is 5.75 Å². The Morgan fingerprint density at radius 3 is 2.52 bits per heavy atom. The minimum Gasteiger partial charge on any atom is -0.493 e. The lowest BCUT2D eigenvalue weighted by Gasteiger charge is -2.17. The predicted octanol–water partition coefficient (Wildman–Crippen LogP) is 2.84. The fraction of sp³-hybridized carbons (Fsp3) is 0.533. The number of nitriles is 1. The maximum Gasteiger partial charge on any atom is 0.238 e. The first-order valence-electron chi connectivity index (χ1n) is 6.94. The van der Waals surface area contributed by atoms with Crippen LogP contribution in [0.15, 0.2) is 17.0 Å². The molecule has 116 valence electrons. The first-order chi connectivity index (χ1) is 9.77. The largest absolute Gasteiger partial charge is 0.493 e. The number of primary sulfonamides is 1. The second-order valence-electron chi connectivity index (χ2n) is 5.32. The molecule has 0 aliphatic heterocycles. The van der Waals surface area contributed by atoms with Crippen molar-refractivity contribution in [2.45, 2.75) is 50.8 Å². The monoisotopic (exact) mass is 310 g/mol. The van der Waals surface area contributed by atoms with Crippen molar-refractivity contribution in [3.63, 3.8) is 0 Å². The van der Waals surface area contributed by atoms with E-state index in [-0.39, 0.29) is 10.8 Å². The van der Waals surface area contributed by atoms with Crippen molar-refractivity contribution in [3.8, 4) is 11.8 Å². The molecule has 0 aliphatic carbocycles. The number of nitrogens with zero attached hydrogens (tertiary/aromatic N) is 1. The standard InChI is InChI=1S/C15H22N2O3S/c1-11(2)13-10-15(21(17,18)19)12(3)9-14(13)20-8-6-4-5-7-16/h9-11H,4-6,8H2,1-3H3,(H2,17,18,19). The third-order valence-electron chi connectivity index (χ3n) is 3.18. The molecule has 2 N–H and O–H groups in total. The molecule has 1 aromatic carbocycles. The summed E-state index contributed by atoms with van der Waals surface area (Å²) in [7, 11) is -3.73. The molecule has 0 radical (unpaired) electrons. The van der Waals surface area contributed by atoms with Crippen LogP contribution in [0.1, 0.15) is 50.2 Å². The van der Waals surface area contributed by atoms with Crippen LogP contribution in [-0.4, -0.2) is 15.0 Å². The van der Waals surface area contributed by atoms with Gasteiger partial charge >= 0.3 is 0 Å². The third-order valence-corrected chi connectivity index (χ3v) is 4.23. The van der Waals surface area contributed by atoms with Crippen LogP contribution in [0.4, 0.5) is 0 Å². The van der Waals surface area contributed by atoms with E-state index in [1.165, 1.54) is 0 Å². The summed E-state index contributed by atoms with van der Waals surface area (Å²) < 4.78 is 28.9. The highest BCUT2D eigenvalue weighted by Gasteiger charge is 2.17. The molecule has 6 heteroatoms. The van der Waals surface area contributed by atoms with Gasteiger partial charge in [-0.25, -0.2) is 13.6 Å². The lowest BCUT2D eigenvalue weighted by Crippen LogP contribution is -2.15. The molecule has 0 fully saturated rings. The molecule has 0 aromatic heterocycles. The minimum atomic E-state index is -3.73. The van der Waals surface area contributed by atoms with Gasteiger partial charge in [-0.15, -0.1) is 0 Å². The van der Waals surface area contributed by atoms with E-state index in [2.05, 4.69) is 6.07 Å². The average Bonchev–Trinajstić information content (AvgIpc) is 2.36. The van der Waals surface area contributed by atoms with Gasteiger partial charge in [0, 0.05) is 6.42 Å². The van der Waals surface area contributed by atoms with Crippen LogP contribution in [0.3, 0.4) is 0 Å². The van der Waals surface area contributed by atoms with E-state index in [0.29, 0.717) is 24.3 Å². The van der Waals surface area contributed by atoms with Crippen LogP contribution in [0.25, 0.3) is 0 Å². The van der Waals surface area contributed by atoms with Gasteiger partial charge in [-0.1, -0.05) is 13.8 Å². The van der Waals surface area contributed by atoms with E-state index in [1.54, 1.807) is 19.1 Å². The lowest BCUT2D eigenvalue weighted by atomic mass is 10.0. The highest BCUT2D eigenvalue weighted by molar-refractivity contribution is 7.89. The van der Waals surface area contributed by atoms with Crippen LogP contribution in [-0.2, 0) is 10.0 Å². The summed E-state index contributed by atoms with van der Waals surface area (Å²) in [5.41, 5.74) is 1.40. The molecule has 0 heterocycles. The van der Waals surface area contributed by atoms with Crippen LogP contribution >= 0.6 is 0 Å². The van der Waals surface area contributed by atoms with Crippen LogP contribution in [0.2, 0.25) is 0 Å². The Kier molecular flexibility index (Phi) is 6.19. The fourth-order valence-electron chi connectivity index (χ4n) is 2.05. The summed E-state index contributed by atoms with van der Waals surface area (Å²) in [5, 5.41) is 13.7. The minimum absolute atomic E-state index is 0.125. The SMILES string of the molecule is Cc1cc(OCCCCC#N)c(C(C)C)cc1S(N)(=O)=O. The molecule has 0 atom stereocenters. The molecular formula is C15H22N2O3S. The number of rotatable bonds is 7. The third kappa shape index (κ3) is 5.03. The molecule has 1 rings (SSSR count). The van der Waals surface area contributed by atoms with Crippen molar-refractivity contribution in [1.82, 2.24) is 0 Å². The molecule has 21 heavy (non-hydrogen) atoms. The van der Waals surface area contributed by atoms with Crippen molar-refractivity contribution in [2.24, 2.45) is 5.14 Å². The van der Waals surface area contributed by atoms with E-state index < -0.39 is 10.0 Å². The average molecular weight is 310 g/mol. The molecule has 1 aromatic rings. The molecular weight excluding hydrogens is 288 g/mol. The predicted molar refractivity (Wildman–Crippen MR) is 81.6 cm³/mol. The Balaban J connectivity index is 2.99. The second-order valence-corrected chi connectivity index (χ2v) is 6.85. The van der Waals surface area contributed by atoms with Crippen LogP contribution in [0, 0.1) is 18.3 Å². The van der Waals surface area contributed by atoms with E-state index in [9.17, 15) is 8.42 Å². The van der Waals surface area contributed by atoms with E-state index in [4.69, 9.17) is 15.1 Å². The molecule has 0 bridgehead atoms. The number of benzene rings is 1. The summed E-state index contributed by atoms with van der Waals surface area (Å²) in [6.45, 7) is 6.15. The highest BCUT2D eigenvalue weighted by atomic mass is 32.2. The van der Waals surface area contributed by atoms with E-state index >= 15 is 0 Å². The molecule has 0 amide bonds. The van der Waals surface area contributed by atoms with E-state index in [0.717, 1.165) is 18.4 Å². The number of sulfonamides is 1. The Morgan fingerprint density at radius 2 is 2.00 bits per heavy atom. The summed E-state index contributed by atoms with van der Waals surface area (Å²) >= 11 is 0. The van der Waals surface area contributed by atoms with Gasteiger partial charge in [-0.3, -0.25) is 0 Å². The zero-order valence-electron chi connectivity index (χ0n) is 12.7. The van der Waals surface area contributed by atoms with Crippen molar-refractivity contribution in [2.75, 3.05) is 6.61 Å². The van der Waals surface area contributed by atoms with Gasteiger partial charge in [0.05, 0.1) is 17.6 Å². The number of nitrogens with two attached hydrogens (primary N) is 1. The van der Waals surface area contributed by atoms with Crippen molar-refractivity contribution >= 4 is 10.0 Å². The van der Waals surface area contributed by atoms with Crippen LogP contribution < -0.4 is 9.88 Å². The Morgan fingerprint density at radius 1 is 1.33 bits per heavy atom. The molecule has 5 nitrogen and oxygen atoms in total. The van der Waals surface area contributed by atoms with Gasteiger partial charge in [0.25, 0.3) is 0 Å². The Bertz CT molecular complexity index is 631. The maximum absolute atomic E-state index is 11.6. The summed E-state index contributed by atoms with van der Waals surface area (Å²) in [6, 6.07) is 5.41. The van der Waals surface area contributed by atoms with Crippen molar-refractivity contribution in [3.05, 3.63) is 23.3 Å². The number of ether oxygens (including phenoxy) is 1. The van der Waals surface area contributed by atoms with Gasteiger partial charge in [0.2, 0.25) is 10.0 Å². The van der Waals surface area contributed by atoms with Gasteiger partial charge < -0.3 is 4.74 Å². The number of unbranched alkanes of at least 4 members (excludes halogenated alkanes) is 2. The summed E-state index contributed by atoms with van der Waals surface area (Å²) in [4.78, 5) is 0.142. The zero-order chi connectivity index (χ0) is 16.0. The highest BCUT2D eigenvalue weighted by Crippen LogP contribution is 2.31. The molecule has 0 aliphatic rings. The summed E-state index contributed by atoms with van der Waals surface area (Å²) in [5.74, 6) is 0.812. The van der Waals surface area contributed by atoms with Crippen molar-refractivity contribution < 1.29 is 13.2 Å². The van der Waals surface area contributed by atoms with Gasteiger partial charge in [0.15, 0.2) is 0 Å². The smallest absolute Gasteiger partial charge is 0.238 e. The second kappa shape index (κ2) is 7.43. The topological polar surface area (TPSA) is 93.2 Å². The normalized spacial score (nSPS) is 11.4. The number of hydrogen-bond acceptors (Lipinski definition) is 4. The van der Waals surface area contributed by atoms with Crippen molar-refractivity contribution in [1.29, 1.82) is 5.26 Å². The quantitative estimate of drug-likeness (QED) is 0.784. The first kappa shape index (κ1) is 17.5.